The van der Waals surface area contributed by atoms with E-state index in [1.807, 2.05) is 0 Å². The molecule has 0 radical (unpaired) electrons. The topological polar surface area (TPSA) is 58.9 Å². The first-order valence-corrected chi connectivity index (χ1v) is 6.43. The first kappa shape index (κ1) is 11.0. The van der Waals surface area contributed by atoms with E-state index < -0.39 is 12.2 Å². The molecule has 1 heterocycles. The van der Waals surface area contributed by atoms with Gasteiger partial charge in [0.25, 0.3) is 0 Å². The summed E-state index contributed by atoms with van der Waals surface area (Å²) in [5, 5.41) is 19.8. The Morgan fingerprint density at radius 3 is 1.56 bits per heavy atom. The molecule has 0 aromatic carbocycles. The van der Waals surface area contributed by atoms with Crippen molar-refractivity contribution in [3.63, 3.8) is 0 Å². The van der Waals surface area contributed by atoms with Crippen molar-refractivity contribution in [1.29, 1.82) is 0 Å². The Morgan fingerprint density at radius 2 is 1.12 bits per heavy atom. The van der Waals surface area contributed by atoms with Crippen LogP contribution in [0.25, 0.3) is 0 Å². The second-order valence-corrected chi connectivity index (χ2v) is 5.27. The molecule has 0 bridgehead atoms. The van der Waals surface area contributed by atoms with Crippen LogP contribution in [0.1, 0.15) is 38.5 Å². The lowest BCUT2D eigenvalue weighted by molar-refractivity contribution is -0.280. The number of hydrogen-bond acceptors (Lipinski definition) is 4. The van der Waals surface area contributed by atoms with Crippen molar-refractivity contribution in [3.8, 4) is 0 Å². The normalized spacial score (nSPS) is 52.9. The highest BCUT2D eigenvalue weighted by Crippen LogP contribution is 2.36. The van der Waals surface area contributed by atoms with Crippen molar-refractivity contribution in [2.75, 3.05) is 0 Å². The molecule has 3 aliphatic rings. The maximum Gasteiger partial charge on any atom is 0.110 e. The van der Waals surface area contributed by atoms with Gasteiger partial charge < -0.3 is 19.7 Å². The lowest BCUT2D eigenvalue weighted by Crippen LogP contribution is -2.59. The van der Waals surface area contributed by atoms with Gasteiger partial charge in [0.15, 0.2) is 0 Å². The first-order chi connectivity index (χ1) is 7.75. The molecule has 0 aromatic heterocycles. The van der Waals surface area contributed by atoms with Gasteiger partial charge in [-0.2, -0.15) is 0 Å². The summed E-state index contributed by atoms with van der Waals surface area (Å²) in [6.07, 6.45) is 4.33. The lowest BCUT2D eigenvalue weighted by atomic mass is 9.86. The van der Waals surface area contributed by atoms with Gasteiger partial charge >= 0.3 is 0 Å². The molecule has 3 rings (SSSR count). The number of fused-ring (bicyclic) bond motifs is 2. The molecule has 6 unspecified atom stereocenters. The standard InChI is InChI=1S/C12H20O4/c13-7-3-1-5-9-11(7)16-10-6-2-4-8(14)12(10)15-9/h7-14H,1-6H2. The molecule has 2 N–H and O–H groups in total. The lowest BCUT2D eigenvalue weighted by Gasteiger charge is -2.48. The van der Waals surface area contributed by atoms with Crippen molar-refractivity contribution in [2.24, 2.45) is 0 Å². The number of aliphatic hydroxyl groups excluding tert-OH is 2. The zero-order valence-electron chi connectivity index (χ0n) is 9.42. The Morgan fingerprint density at radius 1 is 0.688 bits per heavy atom. The predicted molar refractivity (Wildman–Crippen MR) is 57.0 cm³/mol. The van der Waals surface area contributed by atoms with Crippen LogP contribution in [0, 0.1) is 0 Å². The number of aliphatic hydroxyl groups is 2. The average Bonchev–Trinajstić information content (AvgIpc) is 2.29. The minimum atomic E-state index is -0.390. The van der Waals surface area contributed by atoms with Crippen LogP contribution < -0.4 is 0 Å². The first-order valence-electron chi connectivity index (χ1n) is 6.43. The highest BCUT2D eigenvalue weighted by Gasteiger charge is 2.46. The number of ether oxygens (including phenoxy) is 2. The van der Waals surface area contributed by atoms with Crippen molar-refractivity contribution < 1.29 is 19.7 Å². The molecule has 4 nitrogen and oxygen atoms in total. The second-order valence-electron chi connectivity index (χ2n) is 5.27. The van der Waals surface area contributed by atoms with E-state index in [0.29, 0.717) is 0 Å². The average molecular weight is 228 g/mol. The predicted octanol–water partition coefficient (Wildman–Crippen LogP) is 0.597. The smallest absolute Gasteiger partial charge is 0.110 e. The van der Waals surface area contributed by atoms with E-state index in [-0.39, 0.29) is 24.4 Å². The Kier molecular flexibility index (Phi) is 2.92. The van der Waals surface area contributed by atoms with Gasteiger partial charge in [-0.15, -0.1) is 0 Å². The monoisotopic (exact) mass is 228 g/mol. The van der Waals surface area contributed by atoms with Gasteiger partial charge in [0.05, 0.1) is 24.4 Å². The molecule has 1 aliphatic heterocycles. The maximum atomic E-state index is 9.89. The van der Waals surface area contributed by atoms with Gasteiger partial charge in [-0.1, -0.05) is 0 Å². The number of rotatable bonds is 0. The summed E-state index contributed by atoms with van der Waals surface area (Å²) in [6.45, 7) is 0. The summed E-state index contributed by atoms with van der Waals surface area (Å²) in [5.41, 5.74) is 0. The van der Waals surface area contributed by atoms with E-state index in [9.17, 15) is 10.2 Å². The molecule has 16 heavy (non-hydrogen) atoms. The third kappa shape index (κ3) is 1.78. The third-order valence-electron chi connectivity index (χ3n) is 4.13. The molecule has 0 spiro atoms. The largest absolute Gasteiger partial charge is 0.390 e. The summed E-state index contributed by atoms with van der Waals surface area (Å²) in [4.78, 5) is 0. The van der Waals surface area contributed by atoms with E-state index in [1.54, 1.807) is 0 Å². The summed E-state index contributed by atoms with van der Waals surface area (Å²) in [7, 11) is 0. The van der Waals surface area contributed by atoms with Gasteiger partial charge in [-0.25, -0.2) is 0 Å². The van der Waals surface area contributed by atoms with E-state index in [4.69, 9.17) is 9.47 Å². The Hall–Kier alpha value is -0.160. The van der Waals surface area contributed by atoms with E-state index in [1.165, 1.54) is 0 Å². The van der Waals surface area contributed by atoms with Crippen LogP contribution in [0.2, 0.25) is 0 Å². The highest BCUT2D eigenvalue weighted by atomic mass is 16.6. The van der Waals surface area contributed by atoms with E-state index >= 15 is 0 Å². The van der Waals surface area contributed by atoms with Crippen molar-refractivity contribution in [2.45, 2.75) is 75.1 Å². The van der Waals surface area contributed by atoms with Crippen LogP contribution in [0.4, 0.5) is 0 Å². The second kappa shape index (κ2) is 4.26. The zero-order valence-corrected chi connectivity index (χ0v) is 9.42. The van der Waals surface area contributed by atoms with E-state index in [2.05, 4.69) is 0 Å². The van der Waals surface area contributed by atoms with E-state index in [0.717, 1.165) is 38.5 Å². The molecule has 1 saturated heterocycles. The van der Waals surface area contributed by atoms with Crippen molar-refractivity contribution in [1.82, 2.24) is 0 Å². The Balaban J connectivity index is 1.74. The quantitative estimate of drug-likeness (QED) is 0.637. The van der Waals surface area contributed by atoms with Crippen LogP contribution in [0.5, 0.6) is 0 Å². The molecular formula is C12H20O4. The molecule has 0 amide bonds. The number of hydrogen-bond donors (Lipinski definition) is 2. The van der Waals surface area contributed by atoms with Gasteiger partial charge in [0.1, 0.15) is 12.2 Å². The molecule has 3 fully saturated rings. The molecule has 92 valence electrons. The SMILES string of the molecule is OC1CCCC2OC3C(O)CCCC3OC12. The molecule has 2 saturated carbocycles. The molecule has 2 aliphatic carbocycles. The molecule has 0 aromatic rings. The zero-order chi connectivity index (χ0) is 11.1. The fourth-order valence-corrected chi connectivity index (χ4v) is 3.26. The minimum Gasteiger partial charge on any atom is -0.390 e. The summed E-state index contributed by atoms with van der Waals surface area (Å²) in [5.74, 6) is 0. The Bertz CT molecular complexity index is 231. The molecule has 4 heteroatoms. The van der Waals surface area contributed by atoms with Gasteiger partial charge in [0.2, 0.25) is 0 Å². The minimum absolute atomic E-state index is 0.0160. The molecular weight excluding hydrogens is 208 g/mol. The Labute approximate surface area is 95.6 Å². The van der Waals surface area contributed by atoms with Crippen LogP contribution >= 0.6 is 0 Å². The van der Waals surface area contributed by atoms with Crippen LogP contribution in [0.3, 0.4) is 0 Å². The van der Waals surface area contributed by atoms with Crippen molar-refractivity contribution in [3.05, 3.63) is 0 Å². The van der Waals surface area contributed by atoms with Crippen molar-refractivity contribution >= 4 is 0 Å². The van der Waals surface area contributed by atoms with Gasteiger partial charge in [-0.05, 0) is 38.5 Å². The summed E-state index contributed by atoms with van der Waals surface area (Å²) in [6, 6.07) is 0. The van der Waals surface area contributed by atoms with Gasteiger partial charge in [0, 0.05) is 0 Å². The van der Waals surface area contributed by atoms with Gasteiger partial charge in [-0.3, -0.25) is 0 Å². The summed E-state index contributed by atoms with van der Waals surface area (Å²) >= 11 is 0. The fraction of sp³-hybridized carbons (Fsp3) is 1.00. The molecule has 6 atom stereocenters. The van der Waals surface area contributed by atoms with Crippen LogP contribution in [0.15, 0.2) is 0 Å². The van der Waals surface area contributed by atoms with Crippen LogP contribution in [-0.4, -0.2) is 46.8 Å². The highest BCUT2D eigenvalue weighted by molar-refractivity contribution is 4.94. The summed E-state index contributed by atoms with van der Waals surface area (Å²) < 4.78 is 11.9. The third-order valence-corrected chi connectivity index (χ3v) is 4.13. The van der Waals surface area contributed by atoms with Crippen LogP contribution in [-0.2, 0) is 9.47 Å². The fourth-order valence-electron chi connectivity index (χ4n) is 3.26. The maximum absolute atomic E-state index is 9.89.